The van der Waals surface area contributed by atoms with Crippen LogP contribution in [0.4, 0.5) is 5.69 Å². The molecule has 0 aliphatic rings. The summed E-state index contributed by atoms with van der Waals surface area (Å²) in [5, 5.41) is 7.29. The van der Waals surface area contributed by atoms with E-state index in [-0.39, 0.29) is 5.91 Å². The summed E-state index contributed by atoms with van der Waals surface area (Å²) >= 11 is 0. The zero-order valence-corrected chi connectivity index (χ0v) is 11.1. The Kier molecular flexibility index (Phi) is 4.05. The Hall–Kier alpha value is -2.76. The average molecular weight is 271 g/mol. The number of nitrogens with zero attached hydrogens (tertiary/aromatic N) is 3. The molecule has 0 aliphatic heterocycles. The lowest BCUT2D eigenvalue weighted by Crippen LogP contribution is -2.28. The summed E-state index contributed by atoms with van der Waals surface area (Å²) in [6.45, 7) is 0. The van der Waals surface area contributed by atoms with E-state index in [2.05, 4.69) is 10.2 Å². The SMILES string of the molecule is COC(=O)c1ccccc1N(C)C(=O)c1ccnnc1. The number of amides is 1. The van der Waals surface area contributed by atoms with Gasteiger partial charge in [0.25, 0.3) is 5.91 Å². The van der Waals surface area contributed by atoms with Crippen molar-refractivity contribution in [3.63, 3.8) is 0 Å². The summed E-state index contributed by atoms with van der Waals surface area (Å²) < 4.78 is 4.71. The molecule has 0 atom stereocenters. The monoisotopic (exact) mass is 271 g/mol. The molecule has 6 nitrogen and oxygen atoms in total. The van der Waals surface area contributed by atoms with Crippen LogP contribution in [0.1, 0.15) is 20.7 Å². The molecule has 1 heterocycles. The molecule has 0 aliphatic carbocycles. The van der Waals surface area contributed by atoms with Crippen LogP contribution in [0.15, 0.2) is 42.7 Å². The molecule has 0 N–H and O–H groups in total. The number of hydrogen-bond acceptors (Lipinski definition) is 5. The average Bonchev–Trinajstić information content (AvgIpc) is 2.53. The van der Waals surface area contributed by atoms with Crippen molar-refractivity contribution in [2.45, 2.75) is 0 Å². The van der Waals surface area contributed by atoms with Crippen molar-refractivity contribution in [2.24, 2.45) is 0 Å². The Balaban J connectivity index is 2.37. The maximum absolute atomic E-state index is 12.3. The second-order valence-corrected chi connectivity index (χ2v) is 4.00. The summed E-state index contributed by atoms with van der Waals surface area (Å²) in [4.78, 5) is 25.4. The number of aromatic nitrogens is 2. The fourth-order valence-electron chi connectivity index (χ4n) is 1.77. The van der Waals surface area contributed by atoms with E-state index in [1.54, 1.807) is 37.4 Å². The van der Waals surface area contributed by atoms with Crippen LogP contribution in [0.2, 0.25) is 0 Å². The number of esters is 1. The number of rotatable bonds is 3. The molecule has 0 fully saturated rings. The van der Waals surface area contributed by atoms with Gasteiger partial charge in [-0.3, -0.25) is 4.79 Å². The van der Waals surface area contributed by atoms with E-state index < -0.39 is 5.97 Å². The summed E-state index contributed by atoms with van der Waals surface area (Å²) in [6.07, 6.45) is 2.81. The molecule has 2 aromatic rings. The van der Waals surface area contributed by atoms with Crippen molar-refractivity contribution in [3.05, 3.63) is 53.9 Å². The second-order valence-electron chi connectivity index (χ2n) is 4.00. The molecule has 0 saturated heterocycles. The van der Waals surface area contributed by atoms with E-state index in [0.29, 0.717) is 16.8 Å². The molecule has 0 spiro atoms. The molecule has 20 heavy (non-hydrogen) atoms. The molecular formula is C14H13N3O3. The first-order chi connectivity index (χ1) is 9.65. The van der Waals surface area contributed by atoms with Crippen molar-refractivity contribution < 1.29 is 14.3 Å². The molecule has 0 radical (unpaired) electrons. The number of anilines is 1. The number of hydrogen-bond donors (Lipinski definition) is 0. The van der Waals surface area contributed by atoms with Crippen LogP contribution >= 0.6 is 0 Å². The van der Waals surface area contributed by atoms with Crippen LogP contribution in [-0.2, 0) is 4.74 Å². The fraction of sp³-hybridized carbons (Fsp3) is 0.143. The predicted octanol–water partition coefficient (Wildman–Crippen LogP) is 1.54. The van der Waals surface area contributed by atoms with Crippen LogP contribution in [-0.4, -0.2) is 36.2 Å². The highest BCUT2D eigenvalue weighted by Crippen LogP contribution is 2.21. The Morgan fingerprint density at radius 1 is 1.15 bits per heavy atom. The lowest BCUT2D eigenvalue weighted by atomic mass is 10.1. The molecule has 6 heteroatoms. The quantitative estimate of drug-likeness (QED) is 0.792. The number of para-hydroxylation sites is 1. The van der Waals surface area contributed by atoms with Crippen molar-refractivity contribution in [3.8, 4) is 0 Å². The van der Waals surface area contributed by atoms with Crippen LogP contribution in [0.25, 0.3) is 0 Å². The summed E-state index contributed by atoms with van der Waals surface area (Å²) in [7, 11) is 2.89. The van der Waals surface area contributed by atoms with Gasteiger partial charge in [-0.15, -0.1) is 0 Å². The lowest BCUT2D eigenvalue weighted by Gasteiger charge is -2.19. The smallest absolute Gasteiger partial charge is 0.339 e. The minimum Gasteiger partial charge on any atom is -0.465 e. The third-order valence-corrected chi connectivity index (χ3v) is 2.81. The zero-order chi connectivity index (χ0) is 14.5. The van der Waals surface area contributed by atoms with Crippen molar-refractivity contribution in [2.75, 3.05) is 19.1 Å². The van der Waals surface area contributed by atoms with E-state index in [1.807, 2.05) is 0 Å². The van der Waals surface area contributed by atoms with E-state index in [9.17, 15) is 9.59 Å². The highest BCUT2D eigenvalue weighted by Gasteiger charge is 2.19. The predicted molar refractivity (Wildman–Crippen MR) is 72.5 cm³/mol. The third kappa shape index (κ3) is 2.64. The van der Waals surface area contributed by atoms with Crippen LogP contribution in [0.5, 0.6) is 0 Å². The molecule has 0 unspecified atom stereocenters. The van der Waals surface area contributed by atoms with E-state index in [4.69, 9.17) is 4.74 Å². The highest BCUT2D eigenvalue weighted by atomic mass is 16.5. The Morgan fingerprint density at radius 2 is 1.90 bits per heavy atom. The first-order valence-electron chi connectivity index (χ1n) is 5.87. The Morgan fingerprint density at radius 3 is 2.55 bits per heavy atom. The van der Waals surface area contributed by atoms with Gasteiger partial charge >= 0.3 is 5.97 Å². The summed E-state index contributed by atoms with van der Waals surface area (Å²) in [6, 6.07) is 8.31. The number of ether oxygens (including phenoxy) is 1. The van der Waals surface area contributed by atoms with Crippen molar-refractivity contribution >= 4 is 17.6 Å². The lowest BCUT2D eigenvalue weighted by molar-refractivity contribution is 0.0601. The van der Waals surface area contributed by atoms with Gasteiger partial charge in [0.2, 0.25) is 0 Å². The molecule has 0 bridgehead atoms. The summed E-state index contributed by atoms with van der Waals surface area (Å²) in [5.41, 5.74) is 1.19. The first-order valence-corrected chi connectivity index (χ1v) is 5.87. The van der Waals surface area contributed by atoms with E-state index >= 15 is 0 Å². The number of methoxy groups -OCH3 is 1. The van der Waals surface area contributed by atoms with Gasteiger partial charge in [-0.05, 0) is 18.2 Å². The van der Waals surface area contributed by atoms with Gasteiger partial charge < -0.3 is 9.64 Å². The van der Waals surface area contributed by atoms with Crippen molar-refractivity contribution in [1.29, 1.82) is 0 Å². The molecule has 1 aromatic heterocycles. The minimum atomic E-state index is -0.492. The minimum absolute atomic E-state index is 0.281. The zero-order valence-electron chi connectivity index (χ0n) is 11.1. The maximum atomic E-state index is 12.3. The van der Waals surface area contributed by atoms with E-state index in [1.165, 1.54) is 24.4 Å². The van der Waals surface area contributed by atoms with Crippen LogP contribution in [0.3, 0.4) is 0 Å². The normalized spacial score (nSPS) is 9.90. The van der Waals surface area contributed by atoms with Gasteiger partial charge in [0.15, 0.2) is 0 Å². The Bertz CT molecular complexity index is 629. The summed E-state index contributed by atoms with van der Waals surface area (Å²) in [5.74, 6) is -0.774. The number of carbonyl (C=O) groups is 2. The molecule has 102 valence electrons. The van der Waals surface area contributed by atoms with Crippen LogP contribution in [0, 0.1) is 0 Å². The standard InChI is InChI=1S/C14H13N3O3/c1-17(13(18)10-7-8-15-16-9-10)12-6-4-3-5-11(12)14(19)20-2/h3-9H,1-2H3. The van der Waals surface area contributed by atoms with Gasteiger partial charge in [-0.2, -0.15) is 10.2 Å². The maximum Gasteiger partial charge on any atom is 0.339 e. The number of carbonyl (C=O) groups excluding carboxylic acids is 2. The van der Waals surface area contributed by atoms with Gasteiger partial charge in [-0.1, -0.05) is 12.1 Å². The van der Waals surface area contributed by atoms with E-state index in [0.717, 1.165) is 0 Å². The fourth-order valence-corrected chi connectivity index (χ4v) is 1.77. The van der Waals surface area contributed by atoms with Gasteiger partial charge in [-0.25, -0.2) is 4.79 Å². The highest BCUT2D eigenvalue weighted by molar-refractivity contribution is 6.09. The Labute approximate surface area is 116 Å². The topological polar surface area (TPSA) is 72.4 Å². The largest absolute Gasteiger partial charge is 0.465 e. The number of benzene rings is 1. The van der Waals surface area contributed by atoms with Gasteiger partial charge in [0.05, 0.1) is 36.3 Å². The van der Waals surface area contributed by atoms with Crippen molar-refractivity contribution in [1.82, 2.24) is 10.2 Å². The first kappa shape index (κ1) is 13.7. The molecule has 1 aromatic carbocycles. The third-order valence-electron chi connectivity index (χ3n) is 2.81. The van der Waals surface area contributed by atoms with Crippen LogP contribution < -0.4 is 4.90 Å². The van der Waals surface area contributed by atoms with Gasteiger partial charge in [0, 0.05) is 7.05 Å². The molecule has 2 rings (SSSR count). The molecular weight excluding hydrogens is 258 g/mol. The molecule has 1 amide bonds. The van der Waals surface area contributed by atoms with Gasteiger partial charge in [0.1, 0.15) is 0 Å². The second kappa shape index (κ2) is 5.92. The molecule has 0 saturated carbocycles.